The smallest absolute Gasteiger partial charge is 0.0450 e. The molecule has 1 saturated carbocycles. The van der Waals surface area contributed by atoms with Crippen molar-refractivity contribution in [3.05, 3.63) is 35.9 Å². The number of benzene rings is 1. The molecule has 2 fully saturated rings. The van der Waals surface area contributed by atoms with Gasteiger partial charge < -0.3 is 5.32 Å². The molecule has 0 radical (unpaired) electrons. The van der Waals surface area contributed by atoms with Crippen LogP contribution in [0, 0.1) is 0 Å². The van der Waals surface area contributed by atoms with E-state index < -0.39 is 0 Å². The fourth-order valence-corrected chi connectivity index (χ4v) is 4.14. The second-order valence-electron chi connectivity index (χ2n) is 6.78. The fraction of sp³-hybridized carbons (Fsp3) is 0.684. The zero-order valence-electron chi connectivity index (χ0n) is 13.4. The summed E-state index contributed by atoms with van der Waals surface area (Å²) in [5.41, 5.74) is 1.45. The Labute approximate surface area is 129 Å². The lowest BCUT2D eigenvalue weighted by Crippen LogP contribution is -2.56. The molecule has 1 aliphatic heterocycles. The van der Waals surface area contributed by atoms with Gasteiger partial charge in [0.2, 0.25) is 0 Å². The first kappa shape index (κ1) is 15.1. The van der Waals surface area contributed by atoms with E-state index in [0.29, 0.717) is 6.04 Å². The van der Waals surface area contributed by atoms with Crippen molar-refractivity contribution < 1.29 is 0 Å². The molecule has 1 aromatic carbocycles. The molecule has 2 heteroatoms. The molecule has 1 aliphatic carbocycles. The number of nitrogens with zero attached hydrogens (tertiary/aromatic N) is 1. The summed E-state index contributed by atoms with van der Waals surface area (Å²) in [4.78, 5) is 2.85. The van der Waals surface area contributed by atoms with Gasteiger partial charge in [-0.2, -0.15) is 0 Å². The lowest BCUT2D eigenvalue weighted by molar-refractivity contribution is 0.0704. The molecular formula is C19H30N2. The second-order valence-corrected chi connectivity index (χ2v) is 6.78. The molecule has 1 heterocycles. The normalized spacial score (nSPS) is 29.2. The second kappa shape index (κ2) is 7.42. The van der Waals surface area contributed by atoms with Crippen LogP contribution in [0.4, 0.5) is 0 Å². The minimum atomic E-state index is 0.511. The first-order valence-electron chi connectivity index (χ1n) is 8.92. The molecule has 1 N–H and O–H groups in total. The Morgan fingerprint density at radius 1 is 1.05 bits per heavy atom. The number of hydrogen-bond acceptors (Lipinski definition) is 2. The van der Waals surface area contributed by atoms with Gasteiger partial charge in [-0.3, -0.25) is 4.90 Å². The molecule has 2 aliphatic rings. The van der Waals surface area contributed by atoms with E-state index in [1.54, 1.807) is 0 Å². The van der Waals surface area contributed by atoms with Gasteiger partial charge in [-0.05, 0) is 24.8 Å². The minimum Gasteiger partial charge on any atom is -0.307 e. The molecule has 0 amide bonds. The molecule has 1 aromatic rings. The predicted molar refractivity (Wildman–Crippen MR) is 89.5 cm³/mol. The van der Waals surface area contributed by atoms with Crippen LogP contribution in [-0.2, 0) is 0 Å². The zero-order chi connectivity index (χ0) is 14.5. The molecule has 21 heavy (non-hydrogen) atoms. The third-order valence-electron chi connectivity index (χ3n) is 5.43. The summed E-state index contributed by atoms with van der Waals surface area (Å²) in [5, 5.41) is 3.78. The standard InChI is InChI=1S/C19H30N2/c1-2-17-14-20-19(16-10-6-5-7-11-16)15-21(17)18-12-8-3-4-9-13-18/h5-7,10-11,17-20H,2-4,8-9,12-15H2,1H3. The van der Waals surface area contributed by atoms with Crippen molar-refractivity contribution >= 4 is 0 Å². The highest BCUT2D eigenvalue weighted by atomic mass is 15.3. The van der Waals surface area contributed by atoms with Crippen molar-refractivity contribution in [1.82, 2.24) is 10.2 Å². The van der Waals surface area contributed by atoms with E-state index in [1.807, 2.05) is 0 Å². The van der Waals surface area contributed by atoms with Gasteiger partial charge in [0, 0.05) is 31.2 Å². The highest BCUT2D eigenvalue weighted by Gasteiger charge is 2.32. The summed E-state index contributed by atoms with van der Waals surface area (Å²) < 4.78 is 0. The largest absolute Gasteiger partial charge is 0.307 e. The van der Waals surface area contributed by atoms with Crippen LogP contribution in [0.3, 0.4) is 0 Å². The van der Waals surface area contributed by atoms with Crippen LogP contribution >= 0.6 is 0 Å². The summed E-state index contributed by atoms with van der Waals surface area (Å²) in [6.07, 6.45) is 9.85. The maximum Gasteiger partial charge on any atom is 0.0450 e. The SMILES string of the molecule is CCC1CNC(c2ccccc2)CN1C1CCCCCC1. The maximum absolute atomic E-state index is 3.78. The van der Waals surface area contributed by atoms with Gasteiger partial charge in [-0.25, -0.2) is 0 Å². The molecule has 3 rings (SSSR count). The van der Waals surface area contributed by atoms with Gasteiger partial charge >= 0.3 is 0 Å². The molecular weight excluding hydrogens is 256 g/mol. The number of piperazine rings is 1. The van der Waals surface area contributed by atoms with Crippen LogP contribution in [0.25, 0.3) is 0 Å². The van der Waals surface area contributed by atoms with Crippen LogP contribution in [0.15, 0.2) is 30.3 Å². The van der Waals surface area contributed by atoms with Crippen molar-refractivity contribution in [3.63, 3.8) is 0 Å². The van der Waals surface area contributed by atoms with Crippen LogP contribution in [0.2, 0.25) is 0 Å². The Bertz CT molecular complexity index is 409. The Morgan fingerprint density at radius 2 is 1.76 bits per heavy atom. The van der Waals surface area contributed by atoms with Gasteiger partial charge in [0.1, 0.15) is 0 Å². The van der Waals surface area contributed by atoms with E-state index in [9.17, 15) is 0 Å². The molecule has 2 unspecified atom stereocenters. The van der Waals surface area contributed by atoms with Crippen molar-refractivity contribution in [1.29, 1.82) is 0 Å². The topological polar surface area (TPSA) is 15.3 Å². The lowest BCUT2D eigenvalue weighted by atomic mass is 9.96. The Kier molecular flexibility index (Phi) is 5.32. The van der Waals surface area contributed by atoms with Gasteiger partial charge in [-0.1, -0.05) is 62.9 Å². The van der Waals surface area contributed by atoms with Crippen LogP contribution in [-0.4, -0.2) is 30.1 Å². The summed E-state index contributed by atoms with van der Waals surface area (Å²) in [5.74, 6) is 0. The highest BCUT2D eigenvalue weighted by Crippen LogP contribution is 2.29. The molecule has 0 spiro atoms. The van der Waals surface area contributed by atoms with Gasteiger partial charge in [-0.15, -0.1) is 0 Å². The quantitative estimate of drug-likeness (QED) is 0.840. The molecule has 0 aromatic heterocycles. The summed E-state index contributed by atoms with van der Waals surface area (Å²) in [7, 11) is 0. The van der Waals surface area contributed by atoms with E-state index >= 15 is 0 Å². The Morgan fingerprint density at radius 3 is 2.43 bits per heavy atom. The molecule has 2 nitrogen and oxygen atoms in total. The fourth-order valence-electron chi connectivity index (χ4n) is 4.14. The predicted octanol–water partition coefficient (Wildman–Crippen LogP) is 4.13. The first-order chi connectivity index (χ1) is 10.4. The Balaban J connectivity index is 1.72. The maximum atomic E-state index is 3.78. The molecule has 1 saturated heterocycles. The van der Waals surface area contributed by atoms with Crippen LogP contribution in [0.5, 0.6) is 0 Å². The zero-order valence-corrected chi connectivity index (χ0v) is 13.4. The summed E-state index contributed by atoms with van der Waals surface area (Å²) in [6, 6.07) is 13.1. The monoisotopic (exact) mass is 286 g/mol. The van der Waals surface area contributed by atoms with Crippen molar-refractivity contribution in [2.75, 3.05) is 13.1 Å². The van der Waals surface area contributed by atoms with Gasteiger partial charge in [0.15, 0.2) is 0 Å². The van der Waals surface area contributed by atoms with E-state index in [2.05, 4.69) is 47.5 Å². The highest BCUT2D eigenvalue weighted by molar-refractivity contribution is 5.20. The summed E-state index contributed by atoms with van der Waals surface area (Å²) >= 11 is 0. The summed E-state index contributed by atoms with van der Waals surface area (Å²) in [6.45, 7) is 4.68. The van der Waals surface area contributed by atoms with Crippen molar-refractivity contribution in [3.8, 4) is 0 Å². The first-order valence-corrected chi connectivity index (χ1v) is 8.92. The minimum absolute atomic E-state index is 0.511. The van der Waals surface area contributed by atoms with E-state index in [1.165, 1.54) is 57.1 Å². The number of rotatable bonds is 3. The van der Waals surface area contributed by atoms with E-state index in [-0.39, 0.29) is 0 Å². The van der Waals surface area contributed by atoms with Gasteiger partial charge in [0.25, 0.3) is 0 Å². The lowest BCUT2D eigenvalue weighted by Gasteiger charge is -2.44. The van der Waals surface area contributed by atoms with Crippen LogP contribution in [0.1, 0.15) is 63.5 Å². The molecule has 116 valence electrons. The van der Waals surface area contributed by atoms with Crippen molar-refractivity contribution in [2.24, 2.45) is 0 Å². The third-order valence-corrected chi connectivity index (χ3v) is 5.43. The third kappa shape index (κ3) is 3.67. The molecule has 0 bridgehead atoms. The van der Waals surface area contributed by atoms with E-state index in [4.69, 9.17) is 0 Å². The number of nitrogens with one attached hydrogen (secondary N) is 1. The van der Waals surface area contributed by atoms with Crippen LogP contribution < -0.4 is 5.32 Å². The number of hydrogen-bond donors (Lipinski definition) is 1. The average Bonchev–Trinajstić information content (AvgIpc) is 2.84. The van der Waals surface area contributed by atoms with Crippen molar-refractivity contribution in [2.45, 2.75) is 70.0 Å². The van der Waals surface area contributed by atoms with Gasteiger partial charge in [0.05, 0.1) is 0 Å². The average molecular weight is 286 g/mol. The molecule has 2 atom stereocenters. The Hall–Kier alpha value is -0.860. The van der Waals surface area contributed by atoms with E-state index in [0.717, 1.165) is 18.6 Å².